The largest absolute Gasteiger partial charge is 0.332 e. The minimum atomic E-state index is 0.393. The fourth-order valence-electron chi connectivity index (χ4n) is 1.67. The minimum absolute atomic E-state index is 0.393. The van der Waals surface area contributed by atoms with E-state index in [2.05, 4.69) is 20.4 Å². The van der Waals surface area contributed by atoms with Crippen LogP contribution in [0.5, 0.6) is 0 Å². The van der Waals surface area contributed by atoms with Crippen molar-refractivity contribution < 1.29 is 4.52 Å². The molecule has 0 unspecified atom stereocenters. The highest BCUT2D eigenvalue weighted by molar-refractivity contribution is 5.54. The van der Waals surface area contributed by atoms with Gasteiger partial charge in [-0.2, -0.15) is 4.98 Å². The van der Waals surface area contributed by atoms with Crippen molar-refractivity contribution in [2.75, 3.05) is 5.32 Å². The highest BCUT2D eigenvalue weighted by Crippen LogP contribution is 2.16. The van der Waals surface area contributed by atoms with Crippen LogP contribution >= 0.6 is 0 Å². The molecular formula is C14H12N4O. The molecule has 1 N–H and O–H groups in total. The van der Waals surface area contributed by atoms with Crippen LogP contribution in [0.4, 0.5) is 6.01 Å². The lowest BCUT2D eigenvalue weighted by Gasteiger charge is -1.98. The van der Waals surface area contributed by atoms with Crippen LogP contribution in [-0.2, 0) is 6.54 Å². The van der Waals surface area contributed by atoms with Crippen LogP contribution in [0.1, 0.15) is 5.69 Å². The first-order valence-electron chi connectivity index (χ1n) is 5.95. The molecule has 0 aliphatic carbocycles. The Morgan fingerprint density at radius 3 is 2.63 bits per heavy atom. The summed E-state index contributed by atoms with van der Waals surface area (Å²) >= 11 is 0. The molecule has 5 heteroatoms. The van der Waals surface area contributed by atoms with Crippen molar-refractivity contribution in [3.8, 4) is 11.4 Å². The monoisotopic (exact) mass is 252 g/mol. The third-order valence-electron chi connectivity index (χ3n) is 2.60. The Bertz CT molecular complexity index is 637. The lowest BCUT2D eigenvalue weighted by molar-refractivity contribution is 0.431. The molecule has 0 bridgehead atoms. The van der Waals surface area contributed by atoms with E-state index in [9.17, 15) is 0 Å². The maximum absolute atomic E-state index is 5.14. The highest BCUT2D eigenvalue weighted by Gasteiger charge is 2.07. The SMILES string of the molecule is c1ccc(-c2noc(NCc3ccccn3)n2)cc1. The maximum Gasteiger partial charge on any atom is 0.322 e. The lowest BCUT2D eigenvalue weighted by Crippen LogP contribution is -2.01. The predicted octanol–water partition coefficient (Wildman–Crippen LogP) is 2.74. The van der Waals surface area contributed by atoms with Gasteiger partial charge in [0.1, 0.15) is 0 Å². The van der Waals surface area contributed by atoms with Crippen molar-refractivity contribution in [3.63, 3.8) is 0 Å². The quantitative estimate of drug-likeness (QED) is 0.773. The fraction of sp³-hybridized carbons (Fsp3) is 0.0714. The molecule has 0 saturated heterocycles. The summed E-state index contributed by atoms with van der Waals surface area (Å²) in [6.45, 7) is 0.553. The van der Waals surface area contributed by atoms with Crippen LogP contribution in [0.15, 0.2) is 59.3 Å². The van der Waals surface area contributed by atoms with Crippen LogP contribution in [0.25, 0.3) is 11.4 Å². The molecule has 0 radical (unpaired) electrons. The van der Waals surface area contributed by atoms with Gasteiger partial charge in [0, 0.05) is 11.8 Å². The Morgan fingerprint density at radius 2 is 1.84 bits per heavy atom. The van der Waals surface area contributed by atoms with Gasteiger partial charge in [0.2, 0.25) is 5.82 Å². The second kappa shape index (κ2) is 5.30. The van der Waals surface area contributed by atoms with E-state index in [0.29, 0.717) is 18.4 Å². The van der Waals surface area contributed by atoms with Gasteiger partial charge in [-0.3, -0.25) is 4.98 Å². The normalized spacial score (nSPS) is 10.3. The lowest BCUT2D eigenvalue weighted by atomic mass is 10.2. The molecule has 0 amide bonds. The molecule has 0 saturated carbocycles. The van der Waals surface area contributed by atoms with Gasteiger partial charge >= 0.3 is 6.01 Å². The van der Waals surface area contributed by atoms with Crippen LogP contribution in [0.2, 0.25) is 0 Å². The van der Waals surface area contributed by atoms with Gasteiger partial charge in [-0.15, -0.1) is 0 Å². The molecule has 1 aromatic carbocycles. The van der Waals surface area contributed by atoms with Crippen molar-refractivity contribution in [1.82, 2.24) is 15.1 Å². The number of hydrogen-bond donors (Lipinski definition) is 1. The van der Waals surface area contributed by atoms with E-state index >= 15 is 0 Å². The smallest absolute Gasteiger partial charge is 0.322 e. The highest BCUT2D eigenvalue weighted by atomic mass is 16.5. The zero-order valence-electron chi connectivity index (χ0n) is 10.2. The number of nitrogens with zero attached hydrogens (tertiary/aromatic N) is 3. The molecule has 2 aromatic heterocycles. The third-order valence-corrected chi connectivity index (χ3v) is 2.60. The summed E-state index contributed by atoms with van der Waals surface area (Å²) < 4.78 is 5.14. The summed E-state index contributed by atoms with van der Waals surface area (Å²) in [5.74, 6) is 0.573. The summed E-state index contributed by atoms with van der Waals surface area (Å²) in [6.07, 6.45) is 1.75. The standard InChI is InChI=1S/C14H12N4O/c1-2-6-11(7-3-1)13-17-14(19-18-13)16-10-12-8-4-5-9-15-12/h1-9H,10H2,(H,16,17,18). The Kier molecular flexibility index (Phi) is 3.18. The molecule has 5 nitrogen and oxygen atoms in total. The summed E-state index contributed by atoms with van der Waals surface area (Å²) in [5.41, 5.74) is 1.85. The summed E-state index contributed by atoms with van der Waals surface area (Å²) in [7, 11) is 0. The predicted molar refractivity (Wildman–Crippen MR) is 71.3 cm³/mol. The average molecular weight is 252 g/mol. The van der Waals surface area contributed by atoms with E-state index in [1.54, 1.807) is 6.20 Å². The van der Waals surface area contributed by atoms with E-state index < -0.39 is 0 Å². The summed E-state index contributed by atoms with van der Waals surface area (Å²) in [4.78, 5) is 8.49. The van der Waals surface area contributed by atoms with Crippen molar-refractivity contribution >= 4 is 6.01 Å². The van der Waals surface area contributed by atoms with Gasteiger partial charge in [-0.1, -0.05) is 41.6 Å². The van der Waals surface area contributed by atoms with E-state index in [1.165, 1.54) is 0 Å². The summed E-state index contributed by atoms with van der Waals surface area (Å²) in [5, 5.41) is 6.98. The van der Waals surface area contributed by atoms with Gasteiger partial charge in [0.05, 0.1) is 12.2 Å². The molecule has 19 heavy (non-hydrogen) atoms. The number of rotatable bonds is 4. The van der Waals surface area contributed by atoms with Crippen molar-refractivity contribution in [1.29, 1.82) is 0 Å². The van der Waals surface area contributed by atoms with Crippen molar-refractivity contribution in [2.24, 2.45) is 0 Å². The number of nitrogens with one attached hydrogen (secondary N) is 1. The molecule has 3 aromatic rings. The molecule has 94 valence electrons. The number of hydrogen-bond acceptors (Lipinski definition) is 5. The second-order valence-corrected chi connectivity index (χ2v) is 3.96. The second-order valence-electron chi connectivity index (χ2n) is 3.96. The zero-order chi connectivity index (χ0) is 12.9. The first-order valence-corrected chi connectivity index (χ1v) is 5.95. The minimum Gasteiger partial charge on any atom is -0.332 e. The van der Waals surface area contributed by atoms with E-state index in [0.717, 1.165) is 11.3 Å². The zero-order valence-corrected chi connectivity index (χ0v) is 10.2. The van der Waals surface area contributed by atoms with Crippen LogP contribution in [0.3, 0.4) is 0 Å². The Morgan fingerprint density at radius 1 is 1.00 bits per heavy atom. The van der Waals surface area contributed by atoms with E-state index in [1.807, 2.05) is 48.5 Å². The maximum atomic E-state index is 5.14. The molecule has 0 atom stereocenters. The van der Waals surface area contributed by atoms with E-state index in [4.69, 9.17) is 4.52 Å². The Hall–Kier alpha value is -2.69. The van der Waals surface area contributed by atoms with Crippen molar-refractivity contribution in [3.05, 3.63) is 60.4 Å². The van der Waals surface area contributed by atoms with E-state index in [-0.39, 0.29) is 0 Å². The topological polar surface area (TPSA) is 63.8 Å². The van der Waals surface area contributed by atoms with Gasteiger partial charge in [-0.25, -0.2) is 0 Å². The Labute approximate surface area is 110 Å². The van der Waals surface area contributed by atoms with Gasteiger partial charge in [0.25, 0.3) is 0 Å². The molecule has 2 heterocycles. The molecule has 0 spiro atoms. The molecule has 3 rings (SSSR count). The number of anilines is 1. The van der Waals surface area contributed by atoms with Crippen LogP contribution < -0.4 is 5.32 Å². The third kappa shape index (κ3) is 2.77. The van der Waals surface area contributed by atoms with Gasteiger partial charge in [-0.05, 0) is 12.1 Å². The first-order chi connectivity index (χ1) is 9.42. The summed E-state index contributed by atoms with van der Waals surface area (Å²) in [6, 6.07) is 15.8. The molecular weight excluding hydrogens is 240 g/mol. The average Bonchev–Trinajstić information content (AvgIpc) is 2.96. The number of aromatic nitrogens is 3. The van der Waals surface area contributed by atoms with Gasteiger partial charge < -0.3 is 9.84 Å². The molecule has 0 aliphatic rings. The Balaban J connectivity index is 1.69. The number of benzene rings is 1. The van der Waals surface area contributed by atoms with Crippen LogP contribution in [-0.4, -0.2) is 15.1 Å². The first kappa shape index (κ1) is 11.4. The fourth-order valence-corrected chi connectivity index (χ4v) is 1.67. The van der Waals surface area contributed by atoms with Crippen LogP contribution in [0, 0.1) is 0 Å². The number of pyridine rings is 1. The van der Waals surface area contributed by atoms with Gasteiger partial charge in [0.15, 0.2) is 0 Å². The molecule has 0 aliphatic heterocycles. The van der Waals surface area contributed by atoms with Crippen molar-refractivity contribution in [2.45, 2.75) is 6.54 Å². The molecule has 0 fully saturated rings.